The smallest absolute Gasteiger partial charge is 0.309 e. The molecule has 2 heterocycles. The van der Waals surface area contributed by atoms with Crippen LogP contribution in [0.2, 0.25) is 0 Å². The summed E-state index contributed by atoms with van der Waals surface area (Å²) in [6.07, 6.45) is 4.57. The van der Waals surface area contributed by atoms with Crippen LogP contribution in [0.1, 0.15) is 42.0 Å². The zero-order valence-electron chi connectivity index (χ0n) is 19.6. The van der Waals surface area contributed by atoms with Gasteiger partial charge >= 0.3 is 11.8 Å². The van der Waals surface area contributed by atoms with Gasteiger partial charge in [0.1, 0.15) is 5.75 Å². The molecule has 0 spiro atoms. The van der Waals surface area contributed by atoms with Crippen molar-refractivity contribution in [2.75, 3.05) is 45.2 Å². The van der Waals surface area contributed by atoms with Crippen LogP contribution in [-0.2, 0) is 22.6 Å². The summed E-state index contributed by atoms with van der Waals surface area (Å²) < 4.78 is 5.31. The van der Waals surface area contributed by atoms with E-state index in [1.807, 2.05) is 24.3 Å². The number of nitrogens with one attached hydrogen (secondary N) is 2. The normalized spacial score (nSPS) is 16.7. The molecule has 1 atom stereocenters. The summed E-state index contributed by atoms with van der Waals surface area (Å²) in [5, 5.41) is 5.58. The minimum atomic E-state index is -0.631. The number of likely N-dealkylation sites (tertiary alicyclic amines) is 1. The number of fused-ring (bicyclic) bond motifs is 1. The number of hydrogen-bond acceptors (Lipinski definition) is 5. The fraction of sp³-hybridized carbons (Fsp3) is 0.462. The van der Waals surface area contributed by atoms with Crippen molar-refractivity contribution in [2.45, 2.75) is 38.3 Å². The van der Waals surface area contributed by atoms with Crippen LogP contribution in [0.4, 0.5) is 5.69 Å². The SMILES string of the molecule is COc1ccccc1CNC(=O)C(=O)NCC(c1ccc2c(c1)CCCN2C)N1CCCC1. The second kappa shape index (κ2) is 10.7. The highest BCUT2D eigenvalue weighted by Crippen LogP contribution is 2.31. The molecule has 2 aliphatic heterocycles. The van der Waals surface area contributed by atoms with E-state index in [4.69, 9.17) is 4.74 Å². The lowest BCUT2D eigenvalue weighted by molar-refractivity contribution is -0.139. The number of anilines is 1. The molecule has 0 radical (unpaired) electrons. The van der Waals surface area contributed by atoms with E-state index in [1.54, 1.807) is 7.11 Å². The molecular formula is C26H34N4O3. The van der Waals surface area contributed by atoms with Crippen LogP contribution in [0.5, 0.6) is 5.75 Å². The van der Waals surface area contributed by atoms with Crippen molar-refractivity contribution >= 4 is 17.5 Å². The Morgan fingerprint density at radius 1 is 1.00 bits per heavy atom. The lowest BCUT2D eigenvalue weighted by atomic mass is 9.96. The van der Waals surface area contributed by atoms with Gasteiger partial charge < -0.3 is 20.3 Å². The van der Waals surface area contributed by atoms with Crippen molar-refractivity contribution in [2.24, 2.45) is 0 Å². The van der Waals surface area contributed by atoms with Gasteiger partial charge in [0.05, 0.1) is 13.2 Å². The minimum Gasteiger partial charge on any atom is -0.496 e. The van der Waals surface area contributed by atoms with Crippen LogP contribution < -0.4 is 20.3 Å². The monoisotopic (exact) mass is 450 g/mol. The first-order valence-electron chi connectivity index (χ1n) is 11.8. The molecule has 0 bridgehead atoms. The maximum absolute atomic E-state index is 12.6. The molecule has 7 nitrogen and oxygen atoms in total. The minimum absolute atomic E-state index is 0.0657. The van der Waals surface area contributed by atoms with Gasteiger partial charge in [-0.15, -0.1) is 0 Å². The Hall–Kier alpha value is -3.06. The molecule has 7 heteroatoms. The standard InChI is InChI=1S/C26H34N4O3/c1-29-13-7-9-19-16-20(11-12-22(19)29)23(30-14-5-6-15-30)18-28-26(32)25(31)27-17-21-8-3-4-10-24(21)33-2/h3-4,8,10-12,16,23H,5-7,9,13-15,17-18H2,1-2H3,(H,27,31)(H,28,32). The molecule has 1 unspecified atom stereocenters. The molecule has 4 rings (SSSR count). The molecule has 0 saturated carbocycles. The lowest BCUT2D eigenvalue weighted by Crippen LogP contribution is -2.43. The zero-order chi connectivity index (χ0) is 23.2. The van der Waals surface area contributed by atoms with Gasteiger partial charge in [-0.05, 0) is 62.0 Å². The van der Waals surface area contributed by atoms with Crippen molar-refractivity contribution in [3.8, 4) is 5.75 Å². The maximum Gasteiger partial charge on any atom is 0.309 e. The molecule has 2 N–H and O–H groups in total. The third-order valence-corrected chi connectivity index (χ3v) is 6.71. The highest BCUT2D eigenvalue weighted by atomic mass is 16.5. The van der Waals surface area contributed by atoms with Gasteiger partial charge in [-0.3, -0.25) is 14.5 Å². The number of nitrogens with zero attached hydrogens (tertiary/aromatic N) is 2. The van der Waals surface area contributed by atoms with Crippen molar-refractivity contribution in [1.82, 2.24) is 15.5 Å². The van der Waals surface area contributed by atoms with Crippen LogP contribution >= 0.6 is 0 Å². The van der Waals surface area contributed by atoms with E-state index in [-0.39, 0.29) is 12.6 Å². The second-order valence-corrected chi connectivity index (χ2v) is 8.88. The van der Waals surface area contributed by atoms with Crippen LogP contribution in [0.25, 0.3) is 0 Å². The summed E-state index contributed by atoms with van der Waals surface area (Å²) in [7, 11) is 3.73. The van der Waals surface area contributed by atoms with Crippen molar-refractivity contribution in [1.29, 1.82) is 0 Å². The number of para-hydroxylation sites is 1. The van der Waals surface area contributed by atoms with Crippen LogP contribution in [-0.4, -0.2) is 57.1 Å². The Morgan fingerprint density at radius 2 is 1.76 bits per heavy atom. The number of ether oxygens (including phenoxy) is 1. The largest absolute Gasteiger partial charge is 0.496 e. The van der Waals surface area contributed by atoms with Gasteiger partial charge in [-0.1, -0.05) is 30.3 Å². The van der Waals surface area contributed by atoms with Gasteiger partial charge in [0.15, 0.2) is 0 Å². The zero-order valence-corrected chi connectivity index (χ0v) is 19.6. The molecular weight excluding hydrogens is 416 g/mol. The molecule has 33 heavy (non-hydrogen) atoms. The highest BCUT2D eigenvalue weighted by Gasteiger charge is 2.26. The number of carbonyl (C=O) groups excluding carboxylic acids is 2. The Morgan fingerprint density at radius 3 is 2.55 bits per heavy atom. The Bertz CT molecular complexity index is 987. The first-order valence-corrected chi connectivity index (χ1v) is 11.8. The van der Waals surface area contributed by atoms with E-state index in [1.165, 1.54) is 16.8 Å². The predicted octanol–water partition coefficient (Wildman–Crippen LogP) is 2.65. The highest BCUT2D eigenvalue weighted by molar-refractivity contribution is 6.35. The van der Waals surface area contributed by atoms with Crippen molar-refractivity contribution in [3.63, 3.8) is 0 Å². The molecule has 2 aliphatic rings. The van der Waals surface area contributed by atoms with E-state index in [9.17, 15) is 9.59 Å². The molecule has 2 aromatic rings. The van der Waals surface area contributed by atoms with Crippen LogP contribution in [0.3, 0.4) is 0 Å². The first-order chi connectivity index (χ1) is 16.1. The topological polar surface area (TPSA) is 73.9 Å². The number of benzene rings is 2. The summed E-state index contributed by atoms with van der Waals surface area (Å²) in [5.41, 5.74) is 4.70. The molecule has 2 aromatic carbocycles. The van der Waals surface area contributed by atoms with E-state index in [0.29, 0.717) is 12.3 Å². The molecule has 1 fully saturated rings. The number of aryl methyl sites for hydroxylation is 1. The summed E-state index contributed by atoms with van der Waals surface area (Å²) in [5.74, 6) is -0.551. The van der Waals surface area contributed by atoms with Crippen molar-refractivity contribution < 1.29 is 14.3 Å². The average Bonchev–Trinajstić information content (AvgIpc) is 3.37. The molecule has 0 aliphatic carbocycles. The third kappa shape index (κ3) is 5.47. The second-order valence-electron chi connectivity index (χ2n) is 8.88. The van der Waals surface area contributed by atoms with Crippen LogP contribution in [0.15, 0.2) is 42.5 Å². The van der Waals surface area contributed by atoms with E-state index >= 15 is 0 Å². The lowest BCUT2D eigenvalue weighted by Gasteiger charge is -2.31. The quantitative estimate of drug-likeness (QED) is 0.635. The Kier molecular flexibility index (Phi) is 7.50. The Labute approximate surface area is 196 Å². The number of methoxy groups -OCH3 is 1. The third-order valence-electron chi connectivity index (χ3n) is 6.71. The average molecular weight is 451 g/mol. The number of rotatable bonds is 7. The Balaban J connectivity index is 1.40. The fourth-order valence-corrected chi connectivity index (χ4v) is 4.90. The van der Waals surface area contributed by atoms with Gasteiger partial charge in [0.25, 0.3) is 0 Å². The molecule has 1 saturated heterocycles. The van der Waals surface area contributed by atoms with Gasteiger partial charge in [0, 0.05) is 37.9 Å². The van der Waals surface area contributed by atoms with Crippen molar-refractivity contribution in [3.05, 3.63) is 59.2 Å². The number of amides is 2. The van der Waals surface area contributed by atoms with E-state index < -0.39 is 11.8 Å². The number of hydrogen-bond donors (Lipinski definition) is 2. The molecule has 176 valence electrons. The maximum atomic E-state index is 12.6. The van der Waals surface area contributed by atoms with Crippen LogP contribution in [0, 0.1) is 0 Å². The first kappa shape index (κ1) is 23.1. The summed E-state index contributed by atoms with van der Waals surface area (Å²) >= 11 is 0. The van der Waals surface area contributed by atoms with Gasteiger partial charge in [0.2, 0.25) is 0 Å². The summed E-state index contributed by atoms with van der Waals surface area (Å²) in [4.78, 5) is 29.7. The van der Waals surface area contributed by atoms with Gasteiger partial charge in [-0.25, -0.2) is 0 Å². The van der Waals surface area contributed by atoms with E-state index in [0.717, 1.165) is 50.9 Å². The molecule has 0 aromatic heterocycles. The molecule has 2 amide bonds. The summed E-state index contributed by atoms with van der Waals surface area (Å²) in [6, 6.07) is 14.2. The summed E-state index contributed by atoms with van der Waals surface area (Å²) in [6.45, 7) is 3.76. The number of carbonyl (C=O) groups is 2. The van der Waals surface area contributed by atoms with Gasteiger partial charge in [-0.2, -0.15) is 0 Å². The van der Waals surface area contributed by atoms with E-state index in [2.05, 4.69) is 45.7 Å². The fourth-order valence-electron chi connectivity index (χ4n) is 4.90. The predicted molar refractivity (Wildman–Crippen MR) is 129 cm³/mol.